The Balaban J connectivity index is 1.43. The van der Waals surface area contributed by atoms with Crippen molar-refractivity contribution in [1.82, 2.24) is 20.2 Å². The van der Waals surface area contributed by atoms with Gasteiger partial charge >= 0.3 is 0 Å². The van der Waals surface area contributed by atoms with Gasteiger partial charge in [0, 0.05) is 37.0 Å². The van der Waals surface area contributed by atoms with Gasteiger partial charge in [0.25, 0.3) is 5.91 Å². The number of hydrogen-bond acceptors (Lipinski definition) is 6. The first-order valence-corrected chi connectivity index (χ1v) is 9.68. The number of nitrogens with one attached hydrogen (secondary N) is 1. The highest BCUT2D eigenvalue weighted by Gasteiger charge is 2.36. The quantitative estimate of drug-likeness (QED) is 0.809. The van der Waals surface area contributed by atoms with Crippen molar-refractivity contribution in [1.29, 1.82) is 0 Å². The summed E-state index contributed by atoms with van der Waals surface area (Å²) in [7, 11) is 0. The smallest absolute Gasteiger partial charge is 0.251 e. The molecule has 2 fully saturated rings. The molecule has 1 saturated heterocycles. The van der Waals surface area contributed by atoms with Gasteiger partial charge < -0.3 is 20.1 Å². The summed E-state index contributed by atoms with van der Waals surface area (Å²) in [4.78, 5) is 35.7. The first kappa shape index (κ1) is 18.8. The highest BCUT2D eigenvalue weighted by atomic mass is 16.5. The molecule has 4 rings (SSSR count). The summed E-state index contributed by atoms with van der Waals surface area (Å²) >= 11 is 0. The SMILES string of the molecule is O=C(N[C@@H]1C[C@@H](C(=O)N2CCOCC2)CC[C@H]1O)c1ccc2nccnc2c1. The fourth-order valence-corrected chi connectivity index (χ4v) is 3.93. The second-order valence-corrected chi connectivity index (χ2v) is 7.35. The molecular formula is C20H24N4O4. The van der Waals surface area contributed by atoms with E-state index in [4.69, 9.17) is 4.74 Å². The van der Waals surface area contributed by atoms with Crippen molar-refractivity contribution in [2.45, 2.75) is 31.4 Å². The van der Waals surface area contributed by atoms with Crippen LogP contribution in [0.5, 0.6) is 0 Å². The zero-order valence-corrected chi connectivity index (χ0v) is 15.6. The molecule has 28 heavy (non-hydrogen) atoms. The Kier molecular flexibility index (Phi) is 5.50. The maximum absolute atomic E-state index is 12.8. The molecule has 8 nitrogen and oxygen atoms in total. The van der Waals surface area contributed by atoms with Crippen molar-refractivity contribution >= 4 is 22.8 Å². The number of fused-ring (bicyclic) bond motifs is 1. The molecule has 8 heteroatoms. The molecule has 2 aromatic rings. The Bertz CT molecular complexity index is 868. The number of benzene rings is 1. The molecule has 0 radical (unpaired) electrons. The van der Waals surface area contributed by atoms with Gasteiger partial charge in [-0.3, -0.25) is 19.6 Å². The van der Waals surface area contributed by atoms with E-state index >= 15 is 0 Å². The number of ether oxygens (including phenoxy) is 1. The number of aliphatic hydroxyl groups excluding tert-OH is 1. The van der Waals surface area contributed by atoms with Crippen LogP contribution >= 0.6 is 0 Å². The summed E-state index contributed by atoms with van der Waals surface area (Å²) in [6.07, 6.45) is 4.10. The Labute approximate surface area is 162 Å². The number of rotatable bonds is 3. The van der Waals surface area contributed by atoms with Crippen molar-refractivity contribution in [3.8, 4) is 0 Å². The van der Waals surface area contributed by atoms with E-state index in [0.717, 1.165) is 0 Å². The van der Waals surface area contributed by atoms with E-state index in [9.17, 15) is 14.7 Å². The third kappa shape index (κ3) is 3.98. The fourth-order valence-electron chi connectivity index (χ4n) is 3.93. The van der Waals surface area contributed by atoms with Gasteiger partial charge in [-0.1, -0.05) is 0 Å². The van der Waals surface area contributed by atoms with E-state index in [1.165, 1.54) is 0 Å². The number of carbonyl (C=O) groups is 2. The van der Waals surface area contributed by atoms with Crippen molar-refractivity contribution in [2.24, 2.45) is 5.92 Å². The van der Waals surface area contributed by atoms with E-state index in [2.05, 4.69) is 15.3 Å². The molecule has 0 unspecified atom stereocenters. The standard InChI is InChI=1S/C20H24N4O4/c25-18-4-2-14(20(27)24-7-9-28-10-8-24)12-17(18)23-19(26)13-1-3-15-16(11-13)22-6-5-21-15/h1,3,5-6,11,14,17-18,25H,2,4,7-10,12H2,(H,23,26)/t14-,17+,18+/m0/s1. The number of amides is 2. The van der Waals surface area contributed by atoms with E-state index in [-0.39, 0.29) is 17.7 Å². The second kappa shape index (κ2) is 8.20. The summed E-state index contributed by atoms with van der Waals surface area (Å²) in [5.74, 6) is -0.374. The molecule has 2 aliphatic rings. The average molecular weight is 384 g/mol. The summed E-state index contributed by atoms with van der Waals surface area (Å²) in [6, 6.07) is 4.68. The Hall–Kier alpha value is -2.58. The van der Waals surface area contributed by atoms with Gasteiger partial charge in [0.2, 0.25) is 5.91 Å². The summed E-state index contributed by atoms with van der Waals surface area (Å²) in [5, 5.41) is 13.3. The van der Waals surface area contributed by atoms with E-state index in [1.807, 2.05) is 4.90 Å². The zero-order valence-electron chi connectivity index (χ0n) is 15.6. The molecular weight excluding hydrogens is 360 g/mol. The average Bonchev–Trinajstić information content (AvgIpc) is 2.75. The number of carbonyl (C=O) groups excluding carboxylic acids is 2. The molecule has 1 aromatic heterocycles. The lowest BCUT2D eigenvalue weighted by Gasteiger charge is -2.36. The molecule has 0 bridgehead atoms. The lowest BCUT2D eigenvalue weighted by molar-refractivity contribution is -0.141. The lowest BCUT2D eigenvalue weighted by atomic mass is 9.82. The van der Waals surface area contributed by atoms with Gasteiger partial charge in [-0.2, -0.15) is 0 Å². The van der Waals surface area contributed by atoms with Crippen molar-refractivity contribution in [3.63, 3.8) is 0 Å². The molecule has 2 N–H and O–H groups in total. The Morgan fingerprint density at radius 2 is 1.86 bits per heavy atom. The summed E-state index contributed by atoms with van der Waals surface area (Å²) in [6.45, 7) is 2.33. The van der Waals surface area contributed by atoms with E-state index < -0.39 is 12.1 Å². The Morgan fingerprint density at radius 3 is 2.64 bits per heavy atom. The minimum atomic E-state index is -0.655. The number of nitrogens with zero attached hydrogens (tertiary/aromatic N) is 3. The molecule has 2 heterocycles. The number of aromatic nitrogens is 2. The largest absolute Gasteiger partial charge is 0.391 e. The highest BCUT2D eigenvalue weighted by molar-refractivity contribution is 5.97. The van der Waals surface area contributed by atoms with E-state index in [1.54, 1.807) is 30.6 Å². The van der Waals surface area contributed by atoms with Crippen LogP contribution in [0.4, 0.5) is 0 Å². The topological polar surface area (TPSA) is 105 Å². The number of hydrogen-bond donors (Lipinski definition) is 2. The van der Waals surface area contributed by atoms with Gasteiger partial charge in [-0.25, -0.2) is 0 Å². The van der Waals surface area contributed by atoms with Crippen LogP contribution in [0.15, 0.2) is 30.6 Å². The number of morpholine rings is 1. The van der Waals surface area contributed by atoms with Crippen LogP contribution in [0.1, 0.15) is 29.6 Å². The minimum absolute atomic E-state index is 0.0930. The summed E-state index contributed by atoms with van der Waals surface area (Å²) < 4.78 is 5.31. The maximum Gasteiger partial charge on any atom is 0.251 e. The van der Waals surface area contributed by atoms with Crippen LogP contribution in [-0.4, -0.2) is 70.2 Å². The molecule has 2 amide bonds. The molecule has 1 aliphatic carbocycles. The number of aliphatic hydroxyl groups is 1. The van der Waals surface area contributed by atoms with Crippen LogP contribution in [0.25, 0.3) is 11.0 Å². The lowest BCUT2D eigenvalue weighted by Crippen LogP contribution is -2.51. The normalized spacial score (nSPS) is 25.5. The van der Waals surface area contributed by atoms with Gasteiger partial charge in [-0.05, 0) is 37.5 Å². The predicted octanol–water partition coefficient (Wildman–Crippen LogP) is 0.748. The second-order valence-electron chi connectivity index (χ2n) is 7.35. The molecule has 1 aliphatic heterocycles. The molecule has 1 saturated carbocycles. The third-order valence-corrected chi connectivity index (χ3v) is 5.53. The Morgan fingerprint density at radius 1 is 1.11 bits per heavy atom. The van der Waals surface area contributed by atoms with Crippen molar-refractivity contribution in [3.05, 3.63) is 36.2 Å². The van der Waals surface area contributed by atoms with Crippen LogP contribution in [0.3, 0.4) is 0 Å². The van der Waals surface area contributed by atoms with Gasteiger partial charge in [0.15, 0.2) is 0 Å². The van der Waals surface area contributed by atoms with Crippen LogP contribution in [-0.2, 0) is 9.53 Å². The first-order valence-electron chi connectivity index (χ1n) is 9.68. The van der Waals surface area contributed by atoms with Gasteiger partial charge in [0.05, 0.1) is 36.4 Å². The van der Waals surface area contributed by atoms with Crippen molar-refractivity contribution < 1.29 is 19.4 Å². The summed E-state index contributed by atoms with van der Waals surface area (Å²) in [5.41, 5.74) is 1.81. The van der Waals surface area contributed by atoms with E-state index in [0.29, 0.717) is 62.2 Å². The predicted molar refractivity (Wildman–Crippen MR) is 102 cm³/mol. The monoisotopic (exact) mass is 384 g/mol. The first-order chi connectivity index (χ1) is 13.6. The van der Waals surface area contributed by atoms with Crippen LogP contribution in [0.2, 0.25) is 0 Å². The van der Waals surface area contributed by atoms with Crippen molar-refractivity contribution in [2.75, 3.05) is 26.3 Å². The van der Waals surface area contributed by atoms with Crippen LogP contribution in [0, 0.1) is 5.92 Å². The molecule has 0 spiro atoms. The molecule has 148 valence electrons. The maximum atomic E-state index is 12.8. The third-order valence-electron chi connectivity index (χ3n) is 5.53. The fraction of sp³-hybridized carbons (Fsp3) is 0.500. The minimum Gasteiger partial charge on any atom is -0.391 e. The highest BCUT2D eigenvalue weighted by Crippen LogP contribution is 2.27. The molecule has 3 atom stereocenters. The van der Waals surface area contributed by atoms with Gasteiger partial charge in [0.1, 0.15) is 0 Å². The van der Waals surface area contributed by atoms with Crippen LogP contribution < -0.4 is 5.32 Å². The zero-order chi connectivity index (χ0) is 19.5. The molecule has 1 aromatic carbocycles. The van der Waals surface area contributed by atoms with Gasteiger partial charge in [-0.15, -0.1) is 0 Å².